The van der Waals surface area contributed by atoms with E-state index in [1.165, 1.54) is 5.56 Å². The van der Waals surface area contributed by atoms with E-state index in [4.69, 9.17) is 0 Å². The van der Waals surface area contributed by atoms with Gasteiger partial charge in [-0.2, -0.15) is 0 Å². The molecule has 5 heteroatoms. The lowest BCUT2D eigenvalue weighted by atomic mass is 9.96. The van der Waals surface area contributed by atoms with Crippen LogP contribution in [0.5, 0.6) is 17.2 Å². The molecule has 3 aromatic carbocycles. The zero-order valence-corrected chi connectivity index (χ0v) is 19.3. The minimum atomic E-state index is -0.0858. The number of nitrogens with one attached hydrogen (secondary N) is 2. The zero-order valence-electron chi connectivity index (χ0n) is 19.3. The molecule has 176 valence electrons. The van der Waals surface area contributed by atoms with Crippen molar-refractivity contribution in [2.75, 3.05) is 26.2 Å². The molecule has 5 nitrogen and oxygen atoms in total. The van der Waals surface area contributed by atoms with Gasteiger partial charge in [0.2, 0.25) is 0 Å². The second-order valence-electron chi connectivity index (χ2n) is 8.43. The number of aryl methyl sites for hydroxylation is 1. The third kappa shape index (κ3) is 8.44. The van der Waals surface area contributed by atoms with Gasteiger partial charge in [0, 0.05) is 5.56 Å². The Kier molecular flexibility index (Phi) is 10.1. The lowest BCUT2D eigenvalue weighted by Gasteiger charge is -2.14. The first-order valence-corrected chi connectivity index (χ1v) is 11.9. The smallest absolute Gasteiger partial charge is 0.160 e. The predicted molar refractivity (Wildman–Crippen MR) is 134 cm³/mol. The Morgan fingerprint density at radius 1 is 0.576 bits per heavy atom. The summed E-state index contributed by atoms with van der Waals surface area (Å²) in [6.07, 6.45) is 5.39. The van der Waals surface area contributed by atoms with Gasteiger partial charge in [0.05, 0.1) is 0 Å². The van der Waals surface area contributed by atoms with E-state index in [1.807, 2.05) is 24.3 Å². The van der Waals surface area contributed by atoms with Crippen molar-refractivity contribution in [1.29, 1.82) is 0 Å². The van der Waals surface area contributed by atoms with E-state index in [2.05, 4.69) is 34.9 Å². The van der Waals surface area contributed by atoms with Crippen molar-refractivity contribution in [3.05, 3.63) is 89.0 Å². The number of unbranched alkanes of at least 4 members (excludes halogenated alkanes) is 1. The summed E-state index contributed by atoms with van der Waals surface area (Å²) in [7, 11) is 0. The van der Waals surface area contributed by atoms with E-state index in [0.29, 0.717) is 12.8 Å². The summed E-state index contributed by atoms with van der Waals surface area (Å²) in [4.78, 5) is 0. The van der Waals surface area contributed by atoms with Gasteiger partial charge in [-0.25, -0.2) is 0 Å². The Morgan fingerprint density at radius 2 is 1.27 bits per heavy atom. The molecule has 0 radical (unpaired) electrons. The van der Waals surface area contributed by atoms with E-state index in [0.717, 1.165) is 68.6 Å². The summed E-state index contributed by atoms with van der Waals surface area (Å²) < 4.78 is 0. The van der Waals surface area contributed by atoms with Crippen LogP contribution in [0.15, 0.2) is 66.7 Å². The Labute approximate surface area is 197 Å². The standard InChI is InChI=1S/C28H36N2O3/c31-25-10-6-9-23(21-25)11-13-26-24(12-14-27(32)28(26)33)16-20-30-18-5-4-17-29-19-15-22-7-2-1-3-8-22/h1-3,6-10,12,14,21,29-33H,4-5,11,13,15-20H2. The van der Waals surface area contributed by atoms with Gasteiger partial charge in [-0.15, -0.1) is 0 Å². The van der Waals surface area contributed by atoms with Crippen LogP contribution >= 0.6 is 0 Å². The number of hydrogen-bond donors (Lipinski definition) is 5. The molecule has 0 saturated carbocycles. The fourth-order valence-corrected chi connectivity index (χ4v) is 4.01. The first kappa shape index (κ1) is 24.6. The average Bonchev–Trinajstić information content (AvgIpc) is 2.82. The van der Waals surface area contributed by atoms with E-state index < -0.39 is 0 Å². The third-order valence-corrected chi connectivity index (χ3v) is 5.89. The topological polar surface area (TPSA) is 84.8 Å². The summed E-state index contributed by atoms with van der Waals surface area (Å²) in [5, 5.41) is 37.0. The number of phenolic OH excluding ortho intramolecular Hbond substituents is 3. The second kappa shape index (κ2) is 13.5. The van der Waals surface area contributed by atoms with Gasteiger partial charge in [-0.3, -0.25) is 0 Å². The number of hydrogen-bond acceptors (Lipinski definition) is 5. The number of benzene rings is 3. The molecule has 5 N–H and O–H groups in total. The normalized spacial score (nSPS) is 11.0. The van der Waals surface area contributed by atoms with Crippen LogP contribution in [-0.4, -0.2) is 41.5 Å². The monoisotopic (exact) mass is 448 g/mol. The van der Waals surface area contributed by atoms with Crippen molar-refractivity contribution in [2.24, 2.45) is 0 Å². The van der Waals surface area contributed by atoms with E-state index in [-0.39, 0.29) is 17.2 Å². The van der Waals surface area contributed by atoms with Gasteiger partial charge in [0.15, 0.2) is 11.5 Å². The first-order chi connectivity index (χ1) is 16.1. The molecule has 0 aliphatic heterocycles. The highest BCUT2D eigenvalue weighted by molar-refractivity contribution is 5.49. The van der Waals surface area contributed by atoms with Crippen molar-refractivity contribution in [3.8, 4) is 17.2 Å². The molecule has 0 aliphatic carbocycles. The molecule has 0 heterocycles. The Balaban J connectivity index is 1.33. The molecule has 0 atom stereocenters. The maximum atomic E-state index is 10.4. The summed E-state index contributed by atoms with van der Waals surface area (Å²) in [5.41, 5.74) is 4.19. The molecule has 0 spiro atoms. The molecule has 0 fully saturated rings. The van der Waals surface area contributed by atoms with Crippen LogP contribution in [0.25, 0.3) is 0 Å². The highest BCUT2D eigenvalue weighted by Crippen LogP contribution is 2.32. The van der Waals surface area contributed by atoms with Crippen molar-refractivity contribution in [2.45, 2.75) is 38.5 Å². The predicted octanol–water partition coefficient (Wildman–Crippen LogP) is 4.33. The largest absolute Gasteiger partial charge is 0.508 e. The van der Waals surface area contributed by atoms with Gasteiger partial charge < -0.3 is 26.0 Å². The lowest BCUT2D eigenvalue weighted by Crippen LogP contribution is -2.22. The van der Waals surface area contributed by atoms with Crippen molar-refractivity contribution >= 4 is 0 Å². The second-order valence-corrected chi connectivity index (χ2v) is 8.43. The third-order valence-electron chi connectivity index (χ3n) is 5.89. The average molecular weight is 449 g/mol. The SMILES string of the molecule is Oc1cccc(CCc2c(CCNCCCCNCCc3ccccc3)ccc(O)c2O)c1. The van der Waals surface area contributed by atoms with Crippen LogP contribution in [0.2, 0.25) is 0 Å². The van der Waals surface area contributed by atoms with E-state index in [9.17, 15) is 15.3 Å². The first-order valence-electron chi connectivity index (χ1n) is 11.9. The molecule has 0 saturated heterocycles. The van der Waals surface area contributed by atoms with Gasteiger partial charge in [0.1, 0.15) is 5.75 Å². The summed E-state index contributed by atoms with van der Waals surface area (Å²) in [6.45, 7) is 3.82. The van der Waals surface area contributed by atoms with Crippen LogP contribution in [-0.2, 0) is 25.7 Å². The highest BCUT2D eigenvalue weighted by Gasteiger charge is 2.12. The molecule has 0 aliphatic rings. The Hall–Kier alpha value is -3.02. The van der Waals surface area contributed by atoms with Gasteiger partial charge in [-0.05, 0) is 99.6 Å². The molecule has 0 amide bonds. The van der Waals surface area contributed by atoms with Crippen molar-refractivity contribution in [1.82, 2.24) is 10.6 Å². The number of aromatic hydroxyl groups is 3. The molecule has 0 unspecified atom stereocenters. The molecule has 3 rings (SSSR count). The zero-order chi connectivity index (χ0) is 23.3. The van der Waals surface area contributed by atoms with Gasteiger partial charge >= 0.3 is 0 Å². The summed E-state index contributed by atoms with van der Waals surface area (Å²) in [6, 6.07) is 21.1. The number of rotatable bonds is 14. The summed E-state index contributed by atoms with van der Waals surface area (Å²) in [5.74, 6) is 0.120. The molecular weight excluding hydrogens is 412 g/mol. The Bertz CT molecular complexity index is 976. The molecular formula is C28H36N2O3. The minimum Gasteiger partial charge on any atom is -0.508 e. The highest BCUT2D eigenvalue weighted by atomic mass is 16.3. The van der Waals surface area contributed by atoms with E-state index >= 15 is 0 Å². The van der Waals surface area contributed by atoms with Crippen molar-refractivity contribution < 1.29 is 15.3 Å². The van der Waals surface area contributed by atoms with Crippen LogP contribution in [0, 0.1) is 0 Å². The molecule has 0 aromatic heterocycles. The van der Waals surface area contributed by atoms with E-state index in [1.54, 1.807) is 18.2 Å². The van der Waals surface area contributed by atoms with Crippen LogP contribution in [0.4, 0.5) is 0 Å². The molecule has 0 bridgehead atoms. The maximum Gasteiger partial charge on any atom is 0.160 e. The Morgan fingerprint density at radius 3 is 2.00 bits per heavy atom. The molecule has 3 aromatic rings. The van der Waals surface area contributed by atoms with Crippen molar-refractivity contribution in [3.63, 3.8) is 0 Å². The maximum absolute atomic E-state index is 10.4. The van der Waals surface area contributed by atoms with Crippen LogP contribution in [0.3, 0.4) is 0 Å². The number of phenols is 3. The molecule has 33 heavy (non-hydrogen) atoms. The van der Waals surface area contributed by atoms with Crippen LogP contribution in [0.1, 0.15) is 35.1 Å². The van der Waals surface area contributed by atoms with Gasteiger partial charge in [-0.1, -0.05) is 48.5 Å². The fourth-order valence-electron chi connectivity index (χ4n) is 4.01. The minimum absolute atomic E-state index is 0.0331. The summed E-state index contributed by atoms with van der Waals surface area (Å²) >= 11 is 0. The fraction of sp³-hybridized carbons (Fsp3) is 0.357. The lowest BCUT2D eigenvalue weighted by molar-refractivity contribution is 0.398. The quantitative estimate of drug-likeness (QED) is 0.187. The van der Waals surface area contributed by atoms with Crippen LogP contribution < -0.4 is 10.6 Å². The van der Waals surface area contributed by atoms with Gasteiger partial charge in [0.25, 0.3) is 0 Å².